The first-order chi connectivity index (χ1) is 16.9. The van der Waals surface area contributed by atoms with Crippen molar-refractivity contribution in [3.8, 4) is 5.75 Å². The van der Waals surface area contributed by atoms with Crippen LogP contribution in [0.3, 0.4) is 0 Å². The number of ether oxygens (including phenoxy) is 2. The highest BCUT2D eigenvalue weighted by molar-refractivity contribution is 6.30. The van der Waals surface area contributed by atoms with Gasteiger partial charge in [-0.25, -0.2) is 8.78 Å². The molecule has 1 aliphatic heterocycles. The second-order valence-electron chi connectivity index (χ2n) is 8.46. The van der Waals surface area contributed by atoms with Crippen LogP contribution in [-0.4, -0.2) is 55.5 Å². The Balaban J connectivity index is 1.41. The third-order valence-corrected chi connectivity index (χ3v) is 6.23. The second-order valence-corrected chi connectivity index (χ2v) is 8.89. The molecule has 184 valence electrons. The first-order valence-corrected chi connectivity index (χ1v) is 11.8. The van der Waals surface area contributed by atoms with E-state index in [-0.39, 0.29) is 17.6 Å². The lowest BCUT2D eigenvalue weighted by molar-refractivity contribution is 0.00332. The third-order valence-electron chi connectivity index (χ3n) is 6.00. The maximum atomic E-state index is 13.5. The molecule has 5 nitrogen and oxygen atoms in total. The van der Waals surface area contributed by atoms with Crippen molar-refractivity contribution < 1.29 is 23.0 Å². The van der Waals surface area contributed by atoms with Gasteiger partial charge < -0.3 is 14.4 Å². The van der Waals surface area contributed by atoms with Crippen LogP contribution in [0.15, 0.2) is 66.7 Å². The van der Waals surface area contributed by atoms with Gasteiger partial charge in [0.25, 0.3) is 5.91 Å². The summed E-state index contributed by atoms with van der Waals surface area (Å²) in [6.45, 7) is 3.15. The summed E-state index contributed by atoms with van der Waals surface area (Å²) in [5.74, 6) is -1.14. The van der Waals surface area contributed by atoms with Gasteiger partial charge >= 0.3 is 0 Å². The van der Waals surface area contributed by atoms with Crippen molar-refractivity contribution in [2.45, 2.75) is 12.7 Å². The molecule has 0 radical (unpaired) electrons. The highest BCUT2D eigenvalue weighted by atomic mass is 35.5. The molecule has 1 aliphatic rings. The molecule has 1 heterocycles. The minimum absolute atomic E-state index is 0.0232. The Morgan fingerprint density at radius 2 is 1.69 bits per heavy atom. The molecule has 8 heteroatoms. The topological polar surface area (TPSA) is 42.0 Å². The quantitative estimate of drug-likeness (QED) is 0.418. The van der Waals surface area contributed by atoms with E-state index in [0.717, 1.165) is 35.1 Å². The number of carbonyl (C=O) groups excluding carboxylic acids is 1. The predicted molar refractivity (Wildman–Crippen MR) is 131 cm³/mol. The van der Waals surface area contributed by atoms with Crippen LogP contribution in [0, 0.1) is 11.6 Å². The van der Waals surface area contributed by atoms with Crippen LogP contribution >= 0.6 is 11.6 Å². The zero-order chi connectivity index (χ0) is 24.8. The fourth-order valence-electron chi connectivity index (χ4n) is 4.15. The van der Waals surface area contributed by atoms with E-state index in [1.54, 1.807) is 12.0 Å². The van der Waals surface area contributed by atoms with E-state index in [0.29, 0.717) is 44.4 Å². The average Bonchev–Trinajstić information content (AvgIpc) is 2.86. The lowest BCUT2D eigenvalue weighted by Gasteiger charge is -2.36. The molecule has 1 saturated heterocycles. The number of benzene rings is 3. The lowest BCUT2D eigenvalue weighted by Crippen LogP contribution is -2.49. The van der Waals surface area contributed by atoms with Gasteiger partial charge in [0, 0.05) is 49.4 Å². The van der Waals surface area contributed by atoms with Gasteiger partial charge in [-0.1, -0.05) is 35.9 Å². The van der Waals surface area contributed by atoms with E-state index < -0.39 is 11.6 Å². The Morgan fingerprint density at radius 3 is 2.37 bits per heavy atom. The lowest BCUT2D eigenvalue weighted by atomic mass is 10.1. The van der Waals surface area contributed by atoms with E-state index in [4.69, 9.17) is 21.1 Å². The summed E-state index contributed by atoms with van der Waals surface area (Å²) in [6.07, 6.45) is -0.233. The van der Waals surface area contributed by atoms with Crippen molar-refractivity contribution >= 4 is 17.5 Å². The number of methoxy groups -OCH3 is 1. The van der Waals surface area contributed by atoms with E-state index in [2.05, 4.69) is 4.90 Å². The highest BCUT2D eigenvalue weighted by Crippen LogP contribution is 2.26. The van der Waals surface area contributed by atoms with E-state index in [1.165, 1.54) is 0 Å². The van der Waals surface area contributed by atoms with Crippen molar-refractivity contribution in [2.75, 3.05) is 39.8 Å². The van der Waals surface area contributed by atoms with Crippen LogP contribution in [0.4, 0.5) is 8.78 Å². The molecule has 0 N–H and O–H groups in total. The molecule has 3 aromatic carbocycles. The fraction of sp³-hybridized carbons (Fsp3) is 0.296. The summed E-state index contributed by atoms with van der Waals surface area (Å²) in [7, 11) is 1.63. The number of rotatable bonds is 8. The number of carbonyl (C=O) groups is 1. The van der Waals surface area contributed by atoms with Crippen LogP contribution in [-0.2, 0) is 11.3 Å². The van der Waals surface area contributed by atoms with Gasteiger partial charge in [-0.3, -0.25) is 9.69 Å². The molecule has 0 aliphatic carbocycles. The monoisotopic (exact) mass is 500 g/mol. The maximum absolute atomic E-state index is 13.5. The Labute approximate surface area is 208 Å². The molecule has 0 saturated carbocycles. The molecular weight excluding hydrogens is 474 g/mol. The number of nitrogens with zero attached hydrogens (tertiary/aromatic N) is 2. The molecule has 1 atom stereocenters. The molecule has 1 unspecified atom stereocenters. The van der Waals surface area contributed by atoms with Gasteiger partial charge in [0.2, 0.25) is 0 Å². The Morgan fingerprint density at radius 1 is 0.971 bits per heavy atom. The largest absolute Gasteiger partial charge is 0.497 e. The van der Waals surface area contributed by atoms with Gasteiger partial charge in [0.05, 0.1) is 19.8 Å². The summed E-state index contributed by atoms with van der Waals surface area (Å²) in [6, 6.07) is 18.2. The molecule has 0 aromatic heterocycles. The minimum atomic E-state index is -0.759. The second kappa shape index (κ2) is 11.6. The smallest absolute Gasteiger partial charge is 0.254 e. The number of amides is 1. The molecule has 1 fully saturated rings. The predicted octanol–water partition coefficient (Wildman–Crippen LogP) is 5.34. The van der Waals surface area contributed by atoms with Crippen LogP contribution in [0.25, 0.3) is 0 Å². The maximum Gasteiger partial charge on any atom is 0.254 e. The van der Waals surface area contributed by atoms with Crippen molar-refractivity contribution in [3.05, 3.63) is 100 Å². The van der Waals surface area contributed by atoms with Crippen molar-refractivity contribution in [3.63, 3.8) is 0 Å². The van der Waals surface area contributed by atoms with Gasteiger partial charge in [0.15, 0.2) is 0 Å². The number of halogens is 3. The molecule has 3 aromatic rings. The highest BCUT2D eigenvalue weighted by Gasteiger charge is 2.25. The Bertz CT molecular complexity index is 1150. The number of hydrogen-bond donors (Lipinski definition) is 0. The van der Waals surface area contributed by atoms with Crippen LogP contribution in [0.2, 0.25) is 5.02 Å². The van der Waals surface area contributed by atoms with Gasteiger partial charge in [0.1, 0.15) is 17.4 Å². The van der Waals surface area contributed by atoms with Gasteiger partial charge in [-0.05, 0) is 47.5 Å². The van der Waals surface area contributed by atoms with Gasteiger partial charge in [-0.2, -0.15) is 0 Å². The molecule has 1 amide bonds. The normalized spacial score (nSPS) is 15.1. The standard InChI is InChI=1S/C27H27ClF2N2O3/c1-34-25-7-3-5-20(15-25)26(35-18-19-4-2-6-22(28)12-19)17-31-8-10-32(11-9-31)27(33)21-13-23(29)16-24(30)14-21/h2-7,12-16,26H,8-11,17-18H2,1H3. The number of piperazine rings is 1. The minimum Gasteiger partial charge on any atom is -0.497 e. The van der Waals surface area contributed by atoms with Crippen LogP contribution in [0.5, 0.6) is 5.75 Å². The van der Waals surface area contributed by atoms with E-state index in [1.807, 2.05) is 48.5 Å². The Kier molecular flexibility index (Phi) is 8.33. The first-order valence-electron chi connectivity index (χ1n) is 11.4. The van der Waals surface area contributed by atoms with Gasteiger partial charge in [-0.15, -0.1) is 0 Å². The summed E-state index contributed by atoms with van der Waals surface area (Å²) >= 11 is 6.12. The SMILES string of the molecule is COc1cccc(C(CN2CCN(C(=O)c3cc(F)cc(F)c3)CC2)OCc2cccc(Cl)c2)c1. The fourth-order valence-corrected chi connectivity index (χ4v) is 4.36. The van der Waals surface area contributed by atoms with Crippen molar-refractivity contribution in [1.82, 2.24) is 9.80 Å². The van der Waals surface area contributed by atoms with Crippen molar-refractivity contribution in [1.29, 1.82) is 0 Å². The molecule has 0 bridgehead atoms. The summed E-state index contributed by atoms with van der Waals surface area (Å²) in [4.78, 5) is 16.6. The summed E-state index contributed by atoms with van der Waals surface area (Å²) < 4.78 is 38.8. The average molecular weight is 501 g/mol. The third kappa shape index (κ3) is 6.78. The van der Waals surface area contributed by atoms with E-state index >= 15 is 0 Å². The molecule has 0 spiro atoms. The molecule has 4 rings (SSSR count). The Hall–Kier alpha value is -3.00. The zero-order valence-corrected chi connectivity index (χ0v) is 20.2. The van der Waals surface area contributed by atoms with Crippen molar-refractivity contribution in [2.24, 2.45) is 0 Å². The first kappa shape index (κ1) is 25.1. The van der Waals surface area contributed by atoms with Crippen LogP contribution in [0.1, 0.15) is 27.6 Å². The molecular formula is C27H27ClF2N2O3. The zero-order valence-electron chi connectivity index (χ0n) is 19.4. The molecule has 35 heavy (non-hydrogen) atoms. The van der Waals surface area contributed by atoms with E-state index in [9.17, 15) is 13.6 Å². The summed E-state index contributed by atoms with van der Waals surface area (Å²) in [5.41, 5.74) is 1.98. The summed E-state index contributed by atoms with van der Waals surface area (Å²) in [5, 5.41) is 0.656. The van der Waals surface area contributed by atoms with Crippen LogP contribution < -0.4 is 4.74 Å². The number of hydrogen-bond acceptors (Lipinski definition) is 4.